The highest BCUT2D eigenvalue weighted by Gasteiger charge is 2.20. The zero-order valence-corrected chi connectivity index (χ0v) is 48.9. The van der Waals surface area contributed by atoms with Crippen LogP contribution < -0.4 is 14.2 Å². The minimum atomic E-state index is -1.03. The minimum Gasteiger partial charge on any atom is -0.507 e. The molecule has 5 N–H and O–H groups in total. The maximum atomic E-state index is 11.9. The number of phenolic OH excluding ortho intramolecular Hbond substituents is 1. The van der Waals surface area contributed by atoms with Crippen LogP contribution in [0.15, 0.2) is 81.7 Å². The van der Waals surface area contributed by atoms with E-state index < -0.39 is 40.7 Å². The third kappa shape index (κ3) is 29.0. The zero-order chi connectivity index (χ0) is 57.5. The molecule has 0 heterocycles. The number of ether oxygens (including phenoxy) is 6. The smallest absolute Gasteiger partial charge is 0.338 e. The van der Waals surface area contributed by atoms with Crippen molar-refractivity contribution in [2.24, 2.45) is 10.8 Å². The van der Waals surface area contributed by atoms with Crippen molar-refractivity contribution in [1.29, 1.82) is 0 Å². The number of esters is 3. The first-order valence-electron chi connectivity index (χ1n) is 23.9. The first-order valence-corrected chi connectivity index (χ1v) is 25.5. The largest absolute Gasteiger partial charge is 0.507 e. The van der Waals surface area contributed by atoms with Gasteiger partial charge in [0.25, 0.3) is 0 Å². The van der Waals surface area contributed by atoms with Crippen molar-refractivity contribution in [3.63, 3.8) is 0 Å². The highest BCUT2D eigenvalue weighted by Crippen LogP contribution is 2.29. The molecule has 0 amide bonds. The molecule has 4 rings (SSSR count). The van der Waals surface area contributed by atoms with Gasteiger partial charge in [-0.25, -0.2) is 19.2 Å². The summed E-state index contributed by atoms with van der Waals surface area (Å²) in [7, 11) is 0. The number of carboxylic acids is 1. The normalized spacial score (nSPS) is 11.1. The van der Waals surface area contributed by atoms with E-state index in [0.29, 0.717) is 69.4 Å². The molecule has 0 aliphatic carbocycles. The molecule has 4 aromatic rings. The molecule has 17 heteroatoms. The van der Waals surface area contributed by atoms with Crippen LogP contribution in [0.5, 0.6) is 23.0 Å². The number of aromatic hydroxyl groups is 1. The lowest BCUT2D eigenvalue weighted by Crippen LogP contribution is -2.28. The Morgan fingerprint density at radius 3 is 1.11 bits per heavy atom. The van der Waals surface area contributed by atoms with Gasteiger partial charge in [-0.2, -0.15) is 0 Å². The van der Waals surface area contributed by atoms with Gasteiger partial charge in [-0.1, -0.05) is 23.7 Å². The predicted octanol–water partition coefficient (Wildman–Crippen LogP) is 11.4. The van der Waals surface area contributed by atoms with Crippen LogP contribution in [0.3, 0.4) is 0 Å². The zero-order valence-electron chi connectivity index (χ0n) is 45.7. The second-order valence-corrected chi connectivity index (χ2v) is 22.2. The Hall–Kier alpha value is -6.08. The number of carbonyl (C=O) groups is 4. The standard InChI is InChI=1S/C19H26O4.C17H22O4.C13H17BrO4.C9H9BrO3/c1-7-22-17(20)15-9-8-14(10-11-18(2,3)4)16(12-15)23-13-19(5,6)21;1-16(2,3)9-8-12-6-7-13(15(18)19)10-14(12)21-11-17(4,5)20;1-4-17-12(15)9-5-6-10(14)11(7-9)18-8-13(2,3)16;1-2-13-9(12)6-3-4-7(10)8(11)5-6/h8-9,12,21H,7,13H2,1-6H3;6-7,10,20H,11H2,1-5H3,(H,18,19);5-7,16H,4,8H2,1-3H3;3-5,11H,2H2,1H3. The van der Waals surface area contributed by atoms with Crippen LogP contribution >= 0.6 is 31.9 Å². The van der Waals surface area contributed by atoms with Gasteiger partial charge in [-0.05, 0) is 209 Å². The molecule has 0 saturated heterocycles. The highest BCUT2D eigenvalue weighted by atomic mass is 79.9. The quantitative estimate of drug-likeness (QED) is 0.0400. The molecule has 410 valence electrons. The number of halogens is 2. The minimum absolute atomic E-state index is 0.0329. The van der Waals surface area contributed by atoms with E-state index in [0.717, 1.165) is 4.47 Å². The summed E-state index contributed by atoms with van der Waals surface area (Å²) in [5, 5.41) is 47.5. The van der Waals surface area contributed by atoms with Crippen LogP contribution in [0.2, 0.25) is 0 Å². The molecule has 0 aromatic heterocycles. The molecule has 0 aliphatic rings. The molecule has 0 saturated carbocycles. The van der Waals surface area contributed by atoms with Gasteiger partial charge in [0.05, 0.1) is 78.9 Å². The van der Waals surface area contributed by atoms with Gasteiger partial charge < -0.3 is 54.0 Å². The summed E-state index contributed by atoms with van der Waals surface area (Å²) in [5.41, 5.74) is -0.639. The maximum absolute atomic E-state index is 11.9. The second-order valence-electron chi connectivity index (χ2n) is 20.5. The Bertz CT molecular complexity index is 2650. The maximum Gasteiger partial charge on any atom is 0.338 e. The first kappa shape index (κ1) is 66.9. The van der Waals surface area contributed by atoms with Crippen molar-refractivity contribution in [1.82, 2.24) is 0 Å². The average Bonchev–Trinajstić information content (AvgIpc) is 3.29. The van der Waals surface area contributed by atoms with Crippen LogP contribution in [0.1, 0.15) is 156 Å². The highest BCUT2D eigenvalue weighted by molar-refractivity contribution is 9.11. The topological polar surface area (TPSA) is 225 Å². The Balaban J connectivity index is 0.000000509. The number of carbonyl (C=O) groups excluding carboxylic acids is 3. The van der Waals surface area contributed by atoms with Gasteiger partial charge in [0.2, 0.25) is 0 Å². The van der Waals surface area contributed by atoms with Crippen molar-refractivity contribution in [3.05, 3.63) is 115 Å². The number of hydrogen-bond acceptors (Lipinski definition) is 14. The molecule has 0 bridgehead atoms. The van der Waals surface area contributed by atoms with E-state index in [1.54, 1.807) is 117 Å². The van der Waals surface area contributed by atoms with E-state index >= 15 is 0 Å². The third-order valence-corrected chi connectivity index (χ3v) is 9.83. The Morgan fingerprint density at radius 2 is 0.773 bits per heavy atom. The van der Waals surface area contributed by atoms with Gasteiger partial charge in [-0.3, -0.25) is 0 Å². The Morgan fingerprint density at radius 1 is 0.467 bits per heavy atom. The summed E-state index contributed by atoms with van der Waals surface area (Å²) in [5.74, 6) is 11.4. The third-order valence-electron chi connectivity index (χ3n) is 8.51. The van der Waals surface area contributed by atoms with E-state index in [9.17, 15) is 39.6 Å². The monoisotopic (exact) mass is 1170 g/mol. The van der Waals surface area contributed by atoms with E-state index in [1.165, 1.54) is 18.2 Å². The molecule has 0 fully saturated rings. The number of hydrogen-bond donors (Lipinski definition) is 5. The second kappa shape index (κ2) is 30.5. The SMILES string of the molecule is CC(C)(C)C#Cc1ccc(C(=O)O)cc1OCC(C)(C)O.CCOC(=O)c1ccc(Br)c(O)c1.CCOC(=O)c1ccc(Br)c(OCC(C)(C)O)c1.CCOC(=O)c1ccc(C#CC(C)(C)C)c(OCC(C)(C)O)c1. The summed E-state index contributed by atoms with van der Waals surface area (Å²) in [6.45, 7) is 28.4. The van der Waals surface area contributed by atoms with Crippen molar-refractivity contribution in [3.8, 4) is 46.7 Å². The van der Waals surface area contributed by atoms with Gasteiger partial charge >= 0.3 is 23.9 Å². The summed E-state index contributed by atoms with van der Waals surface area (Å²) < 4.78 is 32.6. The van der Waals surface area contributed by atoms with Crippen molar-refractivity contribution < 1.29 is 73.1 Å². The van der Waals surface area contributed by atoms with Crippen molar-refractivity contribution in [2.45, 2.75) is 121 Å². The molecule has 0 radical (unpaired) electrons. The van der Waals surface area contributed by atoms with E-state index in [4.69, 9.17) is 33.5 Å². The summed E-state index contributed by atoms with van der Waals surface area (Å²) >= 11 is 6.44. The van der Waals surface area contributed by atoms with E-state index in [2.05, 4.69) is 55.5 Å². The van der Waals surface area contributed by atoms with E-state index in [1.807, 2.05) is 41.5 Å². The van der Waals surface area contributed by atoms with Crippen LogP contribution in [0, 0.1) is 34.5 Å². The number of aromatic carboxylic acids is 1. The molecule has 0 aliphatic heterocycles. The lowest BCUT2D eigenvalue weighted by atomic mass is 9.97. The summed E-state index contributed by atoms with van der Waals surface area (Å²) in [4.78, 5) is 45.6. The molecule has 0 atom stereocenters. The lowest BCUT2D eigenvalue weighted by Gasteiger charge is -2.19. The van der Waals surface area contributed by atoms with Gasteiger partial charge in [0.1, 0.15) is 42.8 Å². The fraction of sp³-hybridized carbons (Fsp3) is 0.448. The fourth-order valence-corrected chi connectivity index (χ4v) is 5.65. The predicted molar refractivity (Wildman–Crippen MR) is 296 cm³/mol. The number of carboxylic acid groups (broad SMARTS) is 1. The van der Waals surface area contributed by atoms with Crippen LogP contribution in [0.25, 0.3) is 0 Å². The van der Waals surface area contributed by atoms with Crippen LogP contribution in [-0.2, 0) is 14.2 Å². The lowest BCUT2D eigenvalue weighted by molar-refractivity contribution is 0.0278. The molecule has 0 unspecified atom stereocenters. The van der Waals surface area contributed by atoms with E-state index in [-0.39, 0.29) is 42.0 Å². The average molecular weight is 1170 g/mol. The number of aliphatic hydroxyl groups is 3. The number of rotatable bonds is 16. The Labute approximate surface area is 459 Å². The molecule has 0 spiro atoms. The molecular weight excluding hydrogens is 1100 g/mol. The first-order chi connectivity index (χ1) is 34.5. The number of benzene rings is 4. The van der Waals surface area contributed by atoms with Crippen LogP contribution in [0.4, 0.5) is 0 Å². The van der Waals surface area contributed by atoms with Crippen molar-refractivity contribution >= 4 is 55.7 Å². The molecular formula is C58H74Br2O15. The molecule has 4 aromatic carbocycles. The Kier molecular flexibility index (Phi) is 27.2. The van der Waals surface area contributed by atoms with Gasteiger partial charge in [-0.15, -0.1) is 0 Å². The van der Waals surface area contributed by atoms with Crippen LogP contribution in [-0.4, -0.2) is 106 Å². The van der Waals surface area contributed by atoms with Gasteiger partial charge in [0, 0.05) is 10.8 Å². The van der Waals surface area contributed by atoms with Crippen molar-refractivity contribution in [2.75, 3.05) is 39.6 Å². The summed E-state index contributed by atoms with van der Waals surface area (Å²) in [6.07, 6.45) is 0. The fourth-order valence-electron chi connectivity index (χ4n) is 5.05. The van der Waals surface area contributed by atoms with Gasteiger partial charge in [0.15, 0.2) is 0 Å². The number of phenols is 1. The molecule has 75 heavy (non-hydrogen) atoms. The molecule has 15 nitrogen and oxygen atoms in total. The summed E-state index contributed by atoms with van der Waals surface area (Å²) in [6, 6.07) is 19.1.